The molecular formula is C27H31N3O4. The molecule has 7 heteroatoms. The van der Waals surface area contributed by atoms with Crippen molar-refractivity contribution in [1.82, 2.24) is 4.90 Å². The number of hydrogen-bond acceptors (Lipinski definition) is 4. The van der Waals surface area contributed by atoms with Gasteiger partial charge in [0, 0.05) is 24.0 Å². The molecule has 1 aliphatic rings. The number of nitrogens with zero attached hydrogens (tertiary/aromatic N) is 2. The van der Waals surface area contributed by atoms with Crippen molar-refractivity contribution in [2.75, 3.05) is 38.3 Å². The van der Waals surface area contributed by atoms with E-state index in [1.54, 1.807) is 18.1 Å². The van der Waals surface area contributed by atoms with E-state index in [2.05, 4.69) is 20.8 Å². The van der Waals surface area contributed by atoms with Crippen LogP contribution in [0.1, 0.15) is 36.7 Å². The van der Waals surface area contributed by atoms with Gasteiger partial charge in [0.1, 0.15) is 5.75 Å². The van der Waals surface area contributed by atoms with E-state index in [1.165, 1.54) is 4.90 Å². The number of ether oxygens (including phenoxy) is 2. The van der Waals surface area contributed by atoms with Crippen molar-refractivity contribution in [1.29, 1.82) is 0 Å². The standard InChI is InChI=1S/C27H31N3O4/c1-27(2,3)21-17-23(20(16-24(21)33-4)25(31)29-12-14-34-15-13-29)30(26(28)32)22-11-7-9-18-8-5-6-10-19(18)22/h5-11,16-17H,12-15H2,1-4H3,(H2,28,32). The predicted molar refractivity (Wildman–Crippen MR) is 134 cm³/mol. The summed E-state index contributed by atoms with van der Waals surface area (Å²) in [6.45, 7) is 8.08. The predicted octanol–water partition coefficient (Wildman–Crippen LogP) is 4.84. The maximum Gasteiger partial charge on any atom is 0.323 e. The molecule has 0 bridgehead atoms. The molecule has 0 radical (unpaired) electrons. The number of benzene rings is 3. The van der Waals surface area contributed by atoms with Crippen LogP contribution in [0.15, 0.2) is 54.6 Å². The number of rotatable bonds is 4. The first-order valence-electron chi connectivity index (χ1n) is 11.4. The van der Waals surface area contributed by atoms with Crippen LogP contribution in [0.5, 0.6) is 5.75 Å². The molecule has 0 unspecified atom stereocenters. The summed E-state index contributed by atoms with van der Waals surface area (Å²) in [5, 5.41) is 1.83. The van der Waals surface area contributed by atoms with Gasteiger partial charge < -0.3 is 20.1 Å². The Bertz CT molecular complexity index is 1220. The number of hydrogen-bond donors (Lipinski definition) is 1. The summed E-state index contributed by atoms with van der Waals surface area (Å²) in [6.07, 6.45) is 0. The number of anilines is 2. The first kappa shape index (κ1) is 23.6. The largest absolute Gasteiger partial charge is 0.496 e. The lowest BCUT2D eigenvalue weighted by molar-refractivity contribution is 0.0303. The summed E-state index contributed by atoms with van der Waals surface area (Å²) in [6, 6.07) is 16.4. The summed E-state index contributed by atoms with van der Waals surface area (Å²) in [7, 11) is 1.59. The molecule has 3 amide bonds. The van der Waals surface area contributed by atoms with Crippen molar-refractivity contribution >= 4 is 34.1 Å². The molecule has 1 saturated heterocycles. The van der Waals surface area contributed by atoms with E-state index in [-0.39, 0.29) is 11.3 Å². The molecule has 4 rings (SSSR count). The van der Waals surface area contributed by atoms with Gasteiger partial charge in [-0.15, -0.1) is 0 Å². The topological polar surface area (TPSA) is 85.1 Å². The third-order valence-electron chi connectivity index (χ3n) is 6.12. The molecule has 0 saturated carbocycles. The van der Waals surface area contributed by atoms with E-state index in [1.807, 2.05) is 48.5 Å². The fourth-order valence-corrected chi connectivity index (χ4v) is 4.39. The molecule has 0 atom stereocenters. The van der Waals surface area contributed by atoms with Crippen molar-refractivity contribution in [2.45, 2.75) is 26.2 Å². The number of carbonyl (C=O) groups excluding carboxylic acids is 2. The summed E-state index contributed by atoms with van der Waals surface area (Å²) < 4.78 is 11.1. The zero-order chi connectivity index (χ0) is 24.5. The maximum atomic E-state index is 13.7. The van der Waals surface area contributed by atoms with Gasteiger partial charge in [0.05, 0.1) is 37.3 Å². The molecule has 34 heavy (non-hydrogen) atoms. The van der Waals surface area contributed by atoms with Gasteiger partial charge in [-0.05, 0) is 29.0 Å². The van der Waals surface area contributed by atoms with E-state index < -0.39 is 6.03 Å². The highest BCUT2D eigenvalue weighted by Crippen LogP contribution is 2.41. The van der Waals surface area contributed by atoms with Crippen molar-refractivity contribution in [3.05, 3.63) is 65.7 Å². The van der Waals surface area contributed by atoms with Gasteiger partial charge in [-0.2, -0.15) is 0 Å². The smallest absolute Gasteiger partial charge is 0.323 e. The number of carbonyl (C=O) groups is 2. The number of urea groups is 1. The Hall–Kier alpha value is -3.58. The van der Waals surface area contributed by atoms with Gasteiger partial charge in [-0.3, -0.25) is 9.69 Å². The number of primary amides is 1. The van der Waals surface area contributed by atoms with Crippen LogP contribution in [-0.2, 0) is 10.2 Å². The normalized spacial score (nSPS) is 14.2. The molecular weight excluding hydrogens is 430 g/mol. The van der Waals surface area contributed by atoms with E-state index >= 15 is 0 Å². The average Bonchev–Trinajstić information content (AvgIpc) is 2.83. The van der Waals surface area contributed by atoms with Crippen LogP contribution in [0.4, 0.5) is 16.2 Å². The molecule has 1 fully saturated rings. The fraction of sp³-hybridized carbons (Fsp3) is 0.333. The number of amides is 3. The molecule has 2 N–H and O–H groups in total. The molecule has 0 aliphatic carbocycles. The number of fused-ring (bicyclic) bond motifs is 1. The second-order valence-corrected chi connectivity index (χ2v) is 9.40. The van der Waals surface area contributed by atoms with Crippen LogP contribution < -0.4 is 15.4 Å². The minimum atomic E-state index is -0.669. The van der Waals surface area contributed by atoms with Crippen LogP contribution in [0.25, 0.3) is 10.8 Å². The third kappa shape index (κ3) is 4.43. The fourth-order valence-electron chi connectivity index (χ4n) is 4.39. The van der Waals surface area contributed by atoms with E-state index in [0.29, 0.717) is 49.0 Å². The summed E-state index contributed by atoms with van der Waals surface area (Å²) in [4.78, 5) is 29.9. The lowest BCUT2D eigenvalue weighted by Gasteiger charge is -2.32. The Morgan fingerprint density at radius 1 is 1.00 bits per heavy atom. The Labute approximate surface area is 200 Å². The monoisotopic (exact) mass is 461 g/mol. The summed E-state index contributed by atoms with van der Waals surface area (Å²) >= 11 is 0. The first-order valence-corrected chi connectivity index (χ1v) is 11.4. The van der Waals surface area contributed by atoms with Crippen molar-refractivity contribution in [3.8, 4) is 5.75 Å². The van der Waals surface area contributed by atoms with Gasteiger partial charge >= 0.3 is 6.03 Å². The molecule has 178 valence electrons. The second kappa shape index (κ2) is 9.35. The second-order valence-electron chi connectivity index (χ2n) is 9.40. The Balaban J connectivity index is 1.99. The van der Waals surface area contributed by atoms with Crippen LogP contribution in [-0.4, -0.2) is 50.3 Å². The summed E-state index contributed by atoms with van der Waals surface area (Å²) in [5.41, 5.74) is 7.96. The van der Waals surface area contributed by atoms with E-state index in [9.17, 15) is 9.59 Å². The number of nitrogens with two attached hydrogens (primary N) is 1. The molecule has 1 aliphatic heterocycles. The highest BCUT2D eigenvalue weighted by molar-refractivity contribution is 6.12. The third-order valence-corrected chi connectivity index (χ3v) is 6.12. The molecule has 0 spiro atoms. The quantitative estimate of drug-likeness (QED) is 0.603. The van der Waals surface area contributed by atoms with Crippen LogP contribution >= 0.6 is 0 Å². The highest BCUT2D eigenvalue weighted by Gasteiger charge is 2.31. The molecule has 3 aromatic rings. The minimum absolute atomic E-state index is 0.191. The highest BCUT2D eigenvalue weighted by atomic mass is 16.5. The minimum Gasteiger partial charge on any atom is -0.496 e. The van der Waals surface area contributed by atoms with Crippen molar-refractivity contribution in [2.24, 2.45) is 5.73 Å². The molecule has 3 aromatic carbocycles. The van der Waals surface area contributed by atoms with Gasteiger partial charge in [-0.1, -0.05) is 57.2 Å². The van der Waals surface area contributed by atoms with E-state index in [0.717, 1.165) is 16.3 Å². The van der Waals surface area contributed by atoms with Crippen LogP contribution in [0, 0.1) is 0 Å². The van der Waals surface area contributed by atoms with Crippen LogP contribution in [0.2, 0.25) is 0 Å². The molecule has 7 nitrogen and oxygen atoms in total. The van der Waals surface area contributed by atoms with Crippen molar-refractivity contribution in [3.63, 3.8) is 0 Å². The first-order chi connectivity index (χ1) is 16.2. The zero-order valence-electron chi connectivity index (χ0n) is 20.1. The lowest BCUT2D eigenvalue weighted by atomic mass is 9.84. The Kier molecular flexibility index (Phi) is 6.48. The van der Waals surface area contributed by atoms with Gasteiger partial charge in [0.15, 0.2) is 0 Å². The van der Waals surface area contributed by atoms with Gasteiger partial charge in [0.25, 0.3) is 5.91 Å². The number of methoxy groups -OCH3 is 1. The maximum absolute atomic E-state index is 13.7. The Morgan fingerprint density at radius 2 is 1.68 bits per heavy atom. The van der Waals surface area contributed by atoms with Crippen LogP contribution in [0.3, 0.4) is 0 Å². The summed E-state index contributed by atoms with van der Waals surface area (Å²) in [5.74, 6) is 0.402. The number of morpholine rings is 1. The molecule has 0 aromatic heterocycles. The lowest BCUT2D eigenvalue weighted by Crippen LogP contribution is -2.42. The van der Waals surface area contributed by atoms with E-state index in [4.69, 9.17) is 15.2 Å². The zero-order valence-corrected chi connectivity index (χ0v) is 20.1. The van der Waals surface area contributed by atoms with Gasteiger partial charge in [-0.25, -0.2) is 4.79 Å². The van der Waals surface area contributed by atoms with Gasteiger partial charge in [0.2, 0.25) is 0 Å². The van der Waals surface area contributed by atoms with Crippen molar-refractivity contribution < 1.29 is 19.1 Å². The average molecular weight is 462 g/mol. The SMILES string of the molecule is COc1cc(C(=O)N2CCOCC2)c(N(C(N)=O)c2cccc3ccccc23)cc1C(C)(C)C. The Morgan fingerprint density at radius 3 is 2.32 bits per heavy atom. The molecule has 1 heterocycles.